The summed E-state index contributed by atoms with van der Waals surface area (Å²) in [5.41, 5.74) is 1.28. The van der Waals surface area contributed by atoms with E-state index in [9.17, 15) is 13.6 Å². The lowest BCUT2D eigenvalue weighted by Crippen LogP contribution is -2.12. The van der Waals surface area contributed by atoms with Gasteiger partial charge in [0.2, 0.25) is 5.83 Å². The highest BCUT2D eigenvalue weighted by atomic mass is 19.2. The van der Waals surface area contributed by atoms with Gasteiger partial charge >= 0.3 is 5.97 Å². The molecule has 0 aliphatic carbocycles. The molecule has 0 bridgehead atoms. The molecule has 0 amide bonds. The third-order valence-corrected chi connectivity index (χ3v) is 6.04. The van der Waals surface area contributed by atoms with E-state index in [-0.39, 0.29) is 17.1 Å². The molecule has 0 saturated carbocycles. The zero-order valence-electron chi connectivity index (χ0n) is 19.9. The molecule has 31 heavy (non-hydrogen) atoms. The van der Waals surface area contributed by atoms with Crippen molar-refractivity contribution in [3.8, 4) is 0 Å². The maximum atomic E-state index is 14.6. The summed E-state index contributed by atoms with van der Waals surface area (Å²) < 4.78 is 34.1. The molecule has 1 aromatic carbocycles. The van der Waals surface area contributed by atoms with Crippen LogP contribution in [0.4, 0.5) is 8.78 Å². The number of halogens is 2. The van der Waals surface area contributed by atoms with Gasteiger partial charge in [0.05, 0.1) is 5.56 Å². The average Bonchev–Trinajstić information content (AvgIpc) is 2.73. The molecule has 4 heteroatoms. The molecule has 0 fully saturated rings. The smallest absolute Gasteiger partial charge is 0.343 e. The highest BCUT2D eigenvalue weighted by Crippen LogP contribution is 2.32. The Morgan fingerprint density at radius 1 is 0.871 bits per heavy atom. The third kappa shape index (κ3) is 8.80. The van der Waals surface area contributed by atoms with Crippen LogP contribution in [-0.2, 0) is 4.74 Å². The first-order chi connectivity index (χ1) is 14.4. The summed E-state index contributed by atoms with van der Waals surface area (Å²) >= 11 is 0. The molecule has 0 heterocycles. The summed E-state index contributed by atoms with van der Waals surface area (Å²) in [6, 6.07) is 6.60. The van der Waals surface area contributed by atoms with Gasteiger partial charge in [0, 0.05) is 0 Å². The Hall–Kier alpha value is -2.23. The summed E-state index contributed by atoms with van der Waals surface area (Å²) in [5, 5.41) is 0. The van der Waals surface area contributed by atoms with Gasteiger partial charge in [0.1, 0.15) is 0 Å². The summed E-state index contributed by atoms with van der Waals surface area (Å²) in [6.07, 6.45) is 3.99. The lowest BCUT2D eigenvalue weighted by atomic mass is 9.83. The number of carbonyl (C=O) groups excluding carboxylic acids is 1. The topological polar surface area (TPSA) is 26.3 Å². The molecular formula is C27H38F2O2. The Morgan fingerprint density at radius 2 is 1.39 bits per heavy atom. The molecule has 1 rings (SSSR count). The highest BCUT2D eigenvalue weighted by Gasteiger charge is 2.22. The summed E-state index contributed by atoms with van der Waals surface area (Å²) in [4.78, 5) is 12.1. The fraction of sp³-hybridized carbons (Fsp3) is 0.519. The zero-order chi connectivity index (χ0) is 23.7. The Labute approximate surface area is 187 Å². The quantitative estimate of drug-likeness (QED) is 0.188. The predicted octanol–water partition coefficient (Wildman–Crippen LogP) is 8.50. The third-order valence-electron chi connectivity index (χ3n) is 6.04. The van der Waals surface area contributed by atoms with E-state index in [0.717, 1.165) is 12.0 Å². The first kappa shape index (κ1) is 26.8. The molecule has 0 aliphatic heterocycles. The normalized spacial score (nSPS) is 15.1. The van der Waals surface area contributed by atoms with Gasteiger partial charge in [0.25, 0.3) is 0 Å². The van der Waals surface area contributed by atoms with Crippen LogP contribution in [0, 0.1) is 30.6 Å². The molecule has 2 nitrogen and oxygen atoms in total. The number of carbonyl (C=O) groups is 1. The van der Waals surface area contributed by atoms with Gasteiger partial charge in [-0.05, 0) is 61.1 Å². The molecule has 0 N–H and O–H groups in total. The number of hydrogen-bond donors (Lipinski definition) is 0. The lowest BCUT2D eigenvalue weighted by Gasteiger charge is -2.23. The number of rotatable bonds is 12. The Kier molecular flexibility index (Phi) is 10.9. The molecule has 0 radical (unpaired) electrons. The first-order valence-electron chi connectivity index (χ1n) is 11.2. The summed E-state index contributed by atoms with van der Waals surface area (Å²) in [7, 11) is 0. The maximum Gasteiger partial charge on any atom is 0.343 e. The number of ether oxygens (including phenoxy) is 1. The van der Waals surface area contributed by atoms with Crippen LogP contribution in [0.15, 0.2) is 60.4 Å². The minimum absolute atomic E-state index is 0.0621. The SMILES string of the molecule is C=C(OC(=O)c1ccc(C)cc1)/C(F)=C(/F)C(=C)C(C)CCC(C)C(C)CCC(C)C. The molecule has 172 valence electrons. The summed E-state index contributed by atoms with van der Waals surface area (Å²) in [6.45, 7) is 19.7. The van der Waals surface area contributed by atoms with Crippen LogP contribution in [0.5, 0.6) is 0 Å². The molecule has 0 aromatic heterocycles. The highest BCUT2D eigenvalue weighted by molar-refractivity contribution is 5.90. The van der Waals surface area contributed by atoms with Gasteiger partial charge in [-0.25, -0.2) is 9.18 Å². The van der Waals surface area contributed by atoms with Crippen LogP contribution in [0.2, 0.25) is 0 Å². The van der Waals surface area contributed by atoms with E-state index in [1.54, 1.807) is 24.3 Å². The van der Waals surface area contributed by atoms with Crippen molar-refractivity contribution in [2.75, 3.05) is 0 Å². The van der Waals surface area contributed by atoms with Gasteiger partial charge in [-0.1, -0.05) is 78.3 Å². The van der Waals surface area contributed by atoms with Gasteiger partial charge in [-0.3, -0.25) is 0 Å². The van der Waals surface area contributed by atoms with Crippen molar-refractivity contribution >= 4 is 5.97 Å². The van der Waals surface area contributed by atoms with Gasteiger partial charge in [0.15, 0.2) is 11.6 Å². The predicted molar refractivity (Wildman–Crippen MR) is 125 cm³/mol. The molecule has 0 saturated heterocycles. The van der Waals surface area contributed by atoms with Crippen molar-refractivity contribution in [3.63, 3.8) is 0 Å². The van der Waals surface area contributed by atoms with E-state index in [0.29, 0.717) is 24.2 Å². The van der Waals surface area contributed by atoms with Crippen LogP contribution < -0.4 is 0 Å². The van der Waals surface area contributed by atoms with Crippen LogP contribution in [0.1, 0.15) is 76.2 Å². The first-order valence-corrected chi connectivity index (χ1v) is 11.2. The number of esters is 1. The van der Waals surface area contributed by atoms with Crippen LogP contribution >= 0.6 is 0 Å². The molecule has 3 atom stereocenters. The second-order valence-corrected chi connectivity index (χ2v) is 9.24. The minimum atomic E-state index is -1.28. The minimum Gasteiger partial charge on any atom is -0.420 e. The van der Waals surface area contributed by atoms with Crippen molar-refractivity contribution in [2.24, 2.45) is 23.7 Å². The van der Waals surface area contributed by atoms with E-state index < -0.39 is 23.4 Å². The fourth-order valence-electron chi connectivity index (χ4n) is 3.24. The van der Waals surface area contributed by atoms with Crippen molar-refractivity contribution < 1.29 is 18.3 Å². The number of aryl methyl sites for hydroxylation is 1. The molecular weight excluding hydrogens is 394 g/mol. The van der Waals surface area contributed by atoms with Gasteiger partial charge in [-0.2, -0.15) is 4.39 Å². The van der Waals surface area contributed by atoms with E-state index in [4.69, 9.17) is 4.74 Å². The summed E-state index contributed by atoms with van der Waals surface area (Å²) in [5.74, 6) is -2.28. The molecule has 3 unspecified atom stereocenters. The van der Waals surface area contributed by atoms with Crippen LogP contribution in [0.3, 0.4) is 0 Å². The zero-order valence-corrected chi connectivity index (χ0v) is 19.9. The second-order valence-electron chi connectivity index (χ2n) is 9.24. The van der Waals surface area contributed by atoms with E-state index in [1.807, 2.05) is 13.8 Å². The van der Waals surface area contributed by atoms with Crippen molar-refractivity contribution in [3.05, 3.63) is 71.5 Å². The molecule has 1 aromatic rings. The van der Waals surface area contributed by atoms with Crippen molar-refractivity contribution in [2.45, 2.75) is 67.2 Å². The average molecular weight is 433 g/mol. The molecule has 0 aliphatic rings. The Balaban J connectivity index is 2.65. The van der Waals surface area contributed by atoms with Gasteiger partial charge in [-0.15, -0.1) is 0 Å². The second kappa shape index (κ2) is 12.6. The number of allylic oxidation sites excluding steroid dienone is 3. The van der Waals surface area contributed by atoms with Crippen molar-refractivity contribution in [1.82, 2.24) is 0 Å². The largest absolute Gasteiger partial charge is 0.420 e. The van der Waals surface area contributed by atoms with Crippen molar-refractivity contribution in [1.29, 1.82) is 0 Å². The molecule has 0 spiro atoms. The van der Waals surface area contributed by atoms with E-state index in [1.165, 1.54) is 12.8 Å². The Bertz CT molecular complexity index is 790. The van der Waals surface area contributed by atoms with Crippen LogP contribution in [0.25, 0.3) is 0 Å². The maximum absolute atomic E-state index is 14.6. The number of hydrogen-bond acceptors (Lipinski definition) is 2. The fourth-order valence-corrected chi connectivity index (χ4v) is 3.24. The van der Waals surface area contributed by atoms with Crippen LogP contribution in [-0.4, -0.2) is 5.97 Å². The standard InChI is InChI=1S/C27H38F2O2/c1-17(2)9-12-19(4)20(5)13-14-21(6)22(7)25(28)26(29)23(8)31-27(30)24-15-10-18(3)11-16-24/h10-11,15-17,19-21H,7-9,12-14H2,1-6H3/b26-25-. The van der Waals surface area contributed by atoms with E-state index in [2.05, 4.69) is 40.9 Å². The number of benzene rings is 1. The monoisotopic (exact) mass is 432 g/mol. The lowest BCUT2D eigenvalue weighted by molar-refractivity contribution is 0.0623. The van der Waals surface area contributed by atoms with E-state index >= 15 is 0 Å². The Morgan fingerprint density at radius 3 is 1.90 bits per heavy atom. The van der Waals surface area contributed by atoms with Gasteiger partial charge < -0.3 is 4.74 Å².